The summed E-state index contributed by atoms with van der Waals surface area (Å²) in [5.74, 6) is -1.56. The van der Waals surface area contributed by atoms with E-state index < -0.39 is 22.9 Å². The highest BCUT2D eigenvalue weighted by atomic mass is 35.5. The molecule has 0 bridgehead atoms. The van der Waals surface area contributed by atoms with Crippen molar-refractivity contribution in [3.63, 3.8) is 0 Å². The van der Waals surface area contributed by atoms with Gasteiger partial charge in [-0.3, -0.25) is 14.9 Å². The van der Waals surface area contributed by atoms with Crippen molar-refractivity contribution in [3.8, 4) is 0 Å². The molecule has 0 radical (unpaired) electrons. The van der Waals surface area contributed by atoms with Crippen LogP contribution in [0.1, 0.15) is 17.3 Å². The molecule has 2 aromatic carbocycles. The number of nitrogens with zero attached hydrogens (tertiary/aromatic N) is 1. The third-order valence-corrected chi connectivity index (χ3v) is 3.72. The third kappa shape index (κ3) is 4.68. The van der Waals surface area contributed by atoms with Crippen LogP contribution in [0.2, 0.25) is 10.0 Å². The maximum Gasteiger partial charge on any atom is 0.340 e. The van der Waals surface area contributed by atoms with Crippen LogP contribution in [-0.2, 0) is 9.53 Å². The molecule has 0 aromatic heterocycles. The molecule has 0 aliphatic carbocycles. The number of carbonyl (C=O) groups is 2. The van der Waals surface area contributed by atoms with E-state index in [4.69, 9.17) is 27.9 Å². The van der Waals surface area contributed by atoms with E-state index in [1.54, 1.807) is 0 Å². The Morgan fingerprint density at radius 1 is 1.20 bits per heavy atom. The Hall–Kier alpha value is -2.64. The number of hydrogen-bond acceptors (Lipinski definition) is 5. The van der Waals surface area contributed by atoms with E-state index in [0.717, 1.165) is 0 Å². The van der Waals surface area contributed by atoms with Crippen molar-refractivity contribution in [3.05, 3.63) is 68.2 Å². The van der Waals surface area contributed by atoms with Crippen molar-refractivity contribution in [1.29, 1.82) is 0 Å². The normalized spacial score (nSPS) is 11.5. The van der Waals surface area contributed by atoms with Gasteiger partial charge in [-0.2, -0.15) is 0 Å². The zero-order valence-electron chi connectivity index (χ0n) is 12.9. The summed E-state index contributed by atoms with van der Waals surface area (Å²) in [7, 11) is 0. The molecule has 0 unspecified atom stereocenters. The topological polar surface area (TPSA) is 98.5 Å². The molecule has 2 rings (SSSR count). The number of nitro groups is 1. The monoisotopic (exact) mass is 382 g/mol. The summed E-state index contributed by atoms with van der Waals surface area (Å²) in [6, 6.07) is 9.88. The number of hydrogen-bond donors (Lipinski definition) is 1. The Morgan fingerprint density at radius 3 is 2.56 bits per heavy atom. The number of halogens is 2. The average molecular weight is 383 g/mol. The molecular formula is C16H12Cl2N2O5. The van der Waals surface area contributed by atoms with E-state index in [1.165, 1.54) is 49.4 Å². The smallest absolute Gasteiger partial charge is 0.340 e. The van der Waals surface area contributed by atoms with E-state index in [2.05, 4.69) is 5.32 Å². The maximum atomic E-state index is 12.1. The Bertz CT molecular complexity index is 841. The van der Waals surface area contributed by atoms with Crippen molar-refractivity contribution < 1.29 is 19.2 Å². The highest BCUT2D eigenvalue weighted by Crippen LogP contribution is 2.24. The first-order valence-corrected chi connectivity index (χ1v) is 7.75. The standard InChI is InChI=1S/C16H12Cl2N2O5/c1-9(25-16(22)11-8-10(17)6-7-12(11)18)15(21)19-13-4-2-3-5-14(13)20(23)24/h2-9H,1H3,(H,19,21)/t9-/m0/s1. The number of carbonyl (C=O) groups excluding carboxylic acids is 2. The minimum Gasteiger partial charge on any atom is -0.449 e. The van der Waals surface area contributed by atoms with E-state index >= 15 is 0 Å². The summed E-state index contributed by atoms with van der Waals surface area (Å²) in [6.45, 7) is 1.33. The predicted octanol–water partition coefficient (Wildman–Crippen LogP) is 4.09. The van der Waals surface area contributed by atoms with Gasteiger partial charge >= 0.3 is 5.97 Å². The lowest BCUT2D eigenvalue weighted by Crippen LogP contribution is -2.30. The highest BCUT2D eigenvalue weighted by molar-refractivity contribution is 6.35. The van der Waals surface area contributed by atoms with Crippen LogP contribution in [0.4, 0.5) is 11.4 Å². The second kappa shape index (κ2) is 7.96. The molecule has 25 heavy (non-hydrogen) atoms. The SMILES string of the molecule is C[C@H](OC(=O)c1cc(Cl)ccc1Cl)C(=O)Nc1ccccc1[N+](=O)[O-]. The van der Waals surface area contributed by atoms with Crippen molar-refractivity contribution >= 4 is 46.5 Å². The van der Waals surface area contributed by atoms with Gasteiger partial charge in [0.25, 0.3) is 11.6 Å². The Balaban J connectivity index is 2.09. The molecule has 1 amide bonds. The van der Waals surface area contributed by atoms with Gasteiger partial charge in [-0.1, -0.05) is 35.3 Å². The molecule has 0 spiro atoms. The first kappa shape index (κ1) is 18.7. The van der Waals surface area contributed by atoms with Crippen molar-refractivity contribution in [1.82, 2.24) is 0 Å². The van der Waals surface area contributed by atoms with Gasteiger partial charge in [-0.25, -0.2) is 4.79 Å². The first-order chi connectivity index (χ1) is 11.8. The fourth-order valence-corrected chi connectivity index (χ4v) is 2.27. The number of anilines is 1. The zero-order chi connectivity index (χ0) is 18.6. The van der Waals surface area contributed by atoms with Crippen LogP contribution in [0.25, 0.3) is 0 Å². The minimum atomic E-state index is -1.21. The van der Waals surface area contributed by atoms with E-state index in [9.17, 15) is 19.7 Å². The van der Waals surface area contributed by atoms with Crippen molar-refractivity contribution in [2.24, 2.45) is 0 Å². The number of nitrogens with one attached hydrogen (secondary N) is 1. The molecule has 0 heterocycles. The van der Waals surface area contributed by atoms with Crippen LogP contribution >= 0.6 is 23.2 Å². The van der Waals surface area contributed by atoms with Gasteiger partial charge in [-0.05, 0) is 31.2 Å². The van der Waals surface area contributed by atoms with E-state index in [0.29, 0.717) is 0 Å². The average Bonchev–Trinajstić information content (AvgIpc) is 2.57. The zero-order valence-corrected chi connectivity index (χ0v) is 14.4. The lowest BCUT2D eigenvalue weighted by atomic mass is 10.2. The van der Waals surface area contributed by atoms with Gasteiger partial charge in [0.2, 0.25) is 0 Å². The minimum absolute atomic E-state index is 0.00110. The van der Waals surface area contributed by atoms with Gasteiger partial charge < -0.3 is 10.1 Å². The number of para-hydroxylation sites is 2. The van der Waals surface area contributed by atoms with Crippen LogP contribution in [0.5, 0.6) is 0 Å². The van der Waals surface area contributed by atoms with Gasteiger partial charge in [0.15, 0.2) is 6.10 Å². The number of rotatable bonds is 5. The van der Waals surface area contributed by atoms with Gasteiger partial charge in [0.05, 0.1) is 15.5 Å². The van der Waals surface area contributed by atoms with Crippen LogP contribution in [0.15, 0.2) is 42.5 Å². The van der Waals surface area contributed by atoms with Crippen LogP contribution in [-0.4, -0.2) is 22.9 Å². The molecular weight excluding hydrogens is 371 g/mol. The quantitative estimate of drug-likeness (QED) is 0.477. The Kier molecular flexibility index (Phi) is 5.95. The molecule has 1 N–H and O–H groups in total. The second-order valence-corrected chi connectivity index (χ2v) is 5.78. The Labute approximate surface area is 152 Å². The summed E-state index contributed by atoms with van der Waals surface area (Å²) >= 11 is 11.7. The fraction of sp³-hybridized carbons (Fsp3) is 0.125. The molecule has 9 heteroatoms. The number of benzene rings is 2. The second-order valence-electron chi connectivity index (χ2n) is 4.94. The lowest BCUT2D eigenvalue weighted by molar-refractivity contribution is -0.383. The molecule has 0 aliphatic heterocycles. The van der Waals surface area contributed by atoms with Crippen LogP contribution < -0.4 is 5.32 Å². The Morgan fingerprint density at radius 2 is 1.88 bits per heavy atom. The number of amides is 1. The van der Waals surface area contributed by atoms with E-state index in [-0.39, 0.29) is 27.0 Å². The van der Waals surface area contributed by atoms with Gasteiger partial charge in [0.1, 0.15) is 5.69 Å². The molecule has 7 nitrogen and oxygen atoms in total. The highest BCUT2D eigenvalue weighted by Gasteiger charge is 2.23. The summed E-state index contributed by atoms with van der Waals surface area (Å²) in [6.07, 6.45) is -1.21. The maximum absolute atomic E-state index is 12.1. The van der Waals surface area contributed by atoms with Gasteiger partial charge in [-0.15, -0.1) is 0 Å². The molecule has 0 saturated carbocycles. The molecule has 130 valence electrons. The number of esters is 1. The first-order valence-electron chi connectivity index (χ1n) is 7.00. The van der Waals surface area contributed by atoms with Crippen molar-refractivity contribution in [2.45, 2.75) is 13.0 Å². The molecule has 0 fully saturated rings. The molecule has 1 atom stereocenters. The summed E-state index contributed by atoms with van der Waals surface area (Å²) in [5.41, 5.74) is -0.257. The van der Waals surface area contributed by atoms with Crippen LogP contribution in [0, 0.1) is 10.1 Å². The van der Waals surface area contributed by atoms with Gasteiger partial charge in [0, 0.05) is 11.1 Å². The summed E-state index contributed by atoms with van der Waals surface area (Å²) < 4.78 is 5.04. The molecule has 0 aliphatic rings. The molecule has 0 saturated heterocycles. The van der Waals surface area contributed by atoms with Crippen molar-refractivity contribution in [2.75, 3.05) is 5.32 Å². The lowest BCUT2D eigenvalue weighted by Gasteiger charge is -2.14. The van der Waals surface area contributed by atoms with Crippen LogP contribution in [0.3, 0.4) is 0 Å². The number of ether oxygens (including phenoxy) is 1. The summed E-state index contributed by atoms with van der Waals surface area (Å²) in [5, 5.41) is 13.7. The third-order valence-electron chi connectivity index (χ3n) is 3.16. The van der Waals surface area contributed by atoms with E-state index in [1.807, 2.05) is 0 Å². The molecule has 2 aromatic rings. The fourth-order valence-electron chi connectivity index (χ4n) is 1.90. The summed E-state index contributed by atoms with van der Waals surface area (Å²) in [4.78, 5) is 34.6. The largest absolute Gasteiger partial charge is 0.449 e. The number of nitro benzene ring substituents is 1. The predicted molar refractivity (Wildman–Crippen MR) is 93.1 cm³/mol.